The van der Waals surface area contributed by atoms with Gasteiger partial charge in [0.1, 0.15) is 5.82 Å². The van der Waals surface area contributed by atoms with Crippen LogP contribution in [0.2, 0.25) is 5.02 Å². The number of nitrogens with one attached hydrogen (secondary N) is 1. The lowest BCUT2D eigenvalue weighted by Crippen LogP contribution is -1.99. The Hall–Kier alpha value is -1.81. The number of nitrogen functional groups attached to an aromatic ring is 1. The van der Waals surface area contributed by atoms with Crippen molar-refractivity contribution >= 4 is 28.7 Å². The second-order valence-electron chi connectivity index (χ2n) is 3.46. The normalized spacial score (nSPS) is 10.3. The molecule has 0 aromatic heterocycles. The fourth-order valence-electron chi connectivity index (χ4n) is 1.38. The number of nitrogens with two attached hydrogens (primary N) is 1. The van der Waals surface area contributed by atoms with Crippen LogP contribution in [0.15, 0.2) is 36.4 Å². The van der Waals surface area contributed by atoms with Gasteiger partial charge in [-0.1, -0.05) is 17.7 Å². The van der Waals surface area contributed by atoms with Gasteiger partial charge in [0.05, 0.1) is 22.1 Å². The number of rotatable bonds is 2. The van der Waals surface area contributed by atoms with Crippen LogP contribution in [-0.2, 0) is 0 Å². The molecule has 2 rings (SSSR count). The van der Waals surface area contributed by atoms with Crippen molar-refractivity contribution in [1.29, 1.82) is 0 Å². The van der Waals surface area contributed by atoms with Crippen LogP contribution in [0.5, 0.6) is 0 Å². The van der Waals surface area contributed by atoms with E-state index in [1.54, 1.807) is 6.07 Å². The highest BCUT2D eigenvalue weighted by molar-refractivity contribution is 6.31. The molecule has 0 radical (unpaired) electrons. The van der Waals surface area contributed by atoms with Gasteiger partial charge in [0, 0.05) is 0 Å². The van der Waals surface area contributed by atoms with Crippen LogP contribution in [0, 0.1) is 11.6 Å². The van der Waals surface area contributed by atoms with Gasteiger partial charge < -0.3 is 11.1 Å². The van der Waals surface area contributed by atoms with E-state index in [1.807, 2.05) is 0 Å². The molecule has 88 valence electrons. The topological polar surface area (TPSA) is 38.0 Å². The first-order chi connectivity index (χ1) is 8.08. The van der Waals surface area contributed by atoms with Gasteiger partial charge >= 0.3 is 0 Å². The molecular weight excluding hydrogens is 246 g/mol. The second-order valence-corrected chi connectivity index (χ2v) is 3.87. The molecule has 0 aliphatic rings. The average Bonchev–Trinajstić information content (AvgIpc) is 2.30. The molecule has 2 aromatic carbocycles. The van der Waals surface area contributed by atoms with Gasteiger partial charge in [-0.3, -0.25) is 0 Å². The van der Waals surface area contributed by atoms with Gasteiger partial charge in [0.2, 0.25) is 0 Å². The summed E-state index contributed by atoms with van der Waals surface area (Å²) in [6.45, 7) is 0. The van der Waals surface area contributed by atoms with Crippen molar-refractivity contribution in [3.63, 3.8) is 0 Å². The first-order valence-corrected chi connectivity index (χ1v) is 5.22. The SMILES string of the molecule is Nc1ccc(F)cc1Nc1cccc(Cl)c1F. The summed E-state index contributed by atoms with van der Waals surface area (Å²) in [7, 11) is 0. The molecule has 0 atom stereocenters. The highest BCUT2D eigenvalue weighted by Gasteiger charge is 2.08. The van der Waals surface area contributed by atoms with Crippen LogP contribution in [0.3, 0.4) is 0 Å². The maximum Gasteiger partial charge on any atom is 0.165 e. The Balaban J connectivity index is 2.38. The van der Waals surface area contributed by atoms with E-state index in [-0.39, 0.29) is 10.7 Å². The minimum absolute atomic E-state index is 0.00928. The molecule has 0 amide bonds. The minimum Gasteiger partial charge on any atom is -0.397 e. The fourth-order valence-corrected chi connectivity index (χ4v) is 1.56. The Morgan fingerprint density at radius 3 is 2.59 bits per heavy atom. The maximum atomic E-state index is 13.6. The number of halogens is 3. The predicted octanol–water partition coefficient (Wildman–Crippen LogP) is 3.94. The lowest BCUT2D eigenvalue weighted by Gasteiger charge is -2.10. The average molecular weight is 255 g/mol. The van der Waals surface area contributed by atoms with E-state index < -0.39 is 11.6 Å². The third-order valence-corrected chi connectivity index (χ3v) is 2.53. The van der Waals surface area contributed by atoms with E-state index in [4.69, 9.17) is 17.3 Å². The Labute approximate surface area is 102 Å². The summed E-state index contributed by atoms with van der Waals surface area (Å²) in [4.78, 5) is 0. The van der Waals surface area contributed by atoms with Crippen molar-refractivity contribution in [2.45, 2.75) is 0 Å². The summed E-state index contributed by atoms with van der Waals surface area (Å²) in [5, 5.41) is 2.69. The van der Waals surface area contributed by atoms with E-state index in [2.05, 4.69) is 5.32 Å². The van der Waals surface area contributed by atoms with Crippen LogP contribution in [0.4, 0.5) is 25.8 Å². The van der Waals surface area contributed by atoms with E-state index >= 15 is 0 Å². The van der Waals surface area contributed by atoms with E-state index in [0.717, 1.165) is 0 Å². The third kappa shape index (κ3) is 2.47. The van der Waals surface area contributed by atoms with Crippen LogP contribution in [0.25, 0.3) is 0 Å². The molecule has 0 unspecified atom stereocenters. The quantitative estimate of drug-likeness (QED) is 0.797. The van der Waals surface area contributed by atoms with Crippen molar-refractivity contribution in [2.24, 2.45) is 0 Å². The number of benzene rings is 2. The predicted molar refractivity (Wildman–Crippen MR) is 65.5 cm³/mol. The fraction of sp³-hybridized carbons (Fsp3) is 0. The summed E-state index contributed by atoms with van der Waals surface area (Å²) in [5.41, 5.74) is 6.41. The molecule has 0 saturated carbocycles. The first kappa shape index (κ1) is 11.7. The van der Waals surface area contributed by atoms with Crippen LogP contribution >= 0.6 is 11.6 Å². The summed E-state index contributed by atoms with van der Waals surface area (Å²) in [6, 6.07) is 8.33. The largest absolute Gasteiger partial charge is 0.397 e. The standard InChI is InChI=1S/C12H9ClF2N2/c13-8-2-1-3-10(12(8)15)17-11-6-7(14)4-5-9(11)16/h1-6,17H,16H2. The molecule has 0 heterocycles. The van der Waals surface area contributed by atoms with Crippen molar-refractivity contribution in [2.75, 3.05) is 11.1 Å². The summed E-state index contributed by atoms with van der Waals surface area (Å²) >= 11 is 5.63. The van der Waals surface area contributed by atoms with Crippen LogP contribution in [0.1, 0.15) is 0 Å². The Kier molecular flexibility index (Phi) is 3.15. The molecule has 2 aromatic rings. The van der Waals surface area contributed by atoms with Gasteiger partial charge in [0.15, 0.2) is 5.82 Å². The Morgan fingerprint density at radius 2 is 1.82 bits per heavy atom. The van der Waals surface area contributed by atoms with Crippen LogP contribution < -0.4 is 11.1 Å². The van der Waals surface area contributed by atoms with Gasteiger partial charge in [-0.15, -0.1) is 0 Å². The Bertz CT molecular complexity index is 558. The number of hydrogen-bond donors (Lipinski definition) is 2. The van der Waals surface area contributed by atoms with Crippen molar-refractivity contribution < 1.29 is 8.78 Å². The summed E-state index contributed by atoms with van der Waals surface area (Å²) < 4.78 is 26.6. The zero-order valence-corrected chi connectivity index (χ0v) is 9.43. The number of anilines is 3. The zero-order chi connectivity index (χ0) is 12.4. The van der Waals surface area contributed by atoms with Gasteiger partial charge in [-0.25, -0.2) is 8.78 Å². The van der Waals surface area contributed by atoms with Gasteiger partial charge in [0.25, 0.3) is 0 Å². The maximum absolute atomic E-state index is 13.6. The third-order valence-electron chi connectivity index (χ3n) is 2.24. The summed E-state index contributed by atoms with van der Waals surface area (Å²) in [6.07, 6.45) is 0. The molecule has 5 heteroatoms. The highest BCUT2D eigenvalue weighted by atomic mass is 35.5. The Morgan fingerprint density at radius 1 is 1.06 bits per heavy atom. The molecule has 0 aliphatic carbocycles. The lowest BCUT2D eigenvalue weighted by atomic mass is 10.2. The first-order valence-electron chi connectivity index (χ1n) is 4.84. The molecular formula is C12H9ClF2N2. The molecule has 0 saturated heterocycles. The smallest absolute Gasteiger partial charge is 0.165 e. The van der Waals surface area contributed by atoms with Crippen molar-refractivity contribution in [1.82, 2.24) is 0 Å². The number of hydrogen-bond acceptors (Lipinski definition) is 2. The van der Waals surface area contributed by atoms with Crippen molar-refractivity contribution in [3.05, 3.63) is 53.1 Å². The minimum atomic E-state index is -0.599. The monoisotopic (exact) mass is 254 g/mol. The lowest BCUT2D eigenvalue weighted by molar-refractivity contribution is 0.627. The summed E-state index contributed by atoms with van der Waals surface area (Å²) in [5.74, 6) is -1.05. The zero-order valence-electron chi connectivity index (χ0n) is 8.68. The van der Waals surface area contributed by atoms with Crippen LogP contribution in [-0.4, -0.2) is 0 Å². The van der Waals surface area contributed by atoms with E-state index in [9.17, 15) is 8.78 Å². The molecule has 2 nitrogen and oxygen atoms in total. The molecule has 0 fully saturated rings. The van der Waals surface area contributed by atoms with Crippen molar-refractivity contribution in [3.8, 4) is 0 Å². The molecule has 0 spiro atoms. The molecule has 3 N–H and O–H groups in total. The molecule has 0 bridgehead atoms. The van der Waals surface area contributed by atoms with E-state index in [0.29, 0.717) is 11.4 Å². The molecule has 17 heavy (non-hydrogen) atoms. The second kappa shape index (κ2) is 4.59. The van der Waals surface area contributed by atoms with E-state index in [1.165, 1.54) is 30.3 Å². The molecule has 0 aliphatic heterocycles. The highest BCUT2D eigenvalue weighted by Crippen LogP contribution is 2.28. The van der Waals surface area contributed by atoms with Gasteiger partial charge in [-0.05, 0) is 30.3 Å². The van der Waals surface area contributed by atoms with Gasteiger partial charge in [-0.2, -0.15) is 0 Å².